The van der Waals surface area contributed by atoms with E-state index in [1.165, 1.54) is 29.2 Å². The molecule has 7 heteroatoms. The Hall–Kier alpha value is -2.57. The van der Waals surface area contributed by atoms with Crippen LogP contribution < -0.4 is 4.74 Å². The number of carbonyl (C=O) groups is 1. The summed E-state index contributed by atoms with van der Waals surface area (Å²) < 4.78 is 53.1. The second-order valence-corrected chi connectivity index (χ2v) is 5.22. The molecular formula is C17H15F4NO2. The van der Waals surface area contributed by atoms with Crippen LogP contribution in [0.15, 0.2) is 48.5 Å². The first-order chi connectivity index (χ1) is 11.2. The van der Waals surface area contributed by atoms with Crippen molar-refractivity contribution in [2.45, 2.75) is 19.3 Å². The van der Waals surface area contributed by atoms with E-state index in [0.717, 1.165) is 17.7 Å². The van der Waals surface area contributed by atoms with Crippen LogP contribution in [0, 0.1) is 5.82 Å². The quantitative estimate of drug-likeness (QED) is 0.763. The highest BCUT2D eigenvalue weighted by molar-refractivity contribution is 5.94. The first kappa shape index (κ1) is 17.8. The first-order valence-corrected chi connectivity index (χ1v) is 7.06. The van der Waals surface area contributed by atoms with Gasteiger partial charge in [0.25, 0.3) is 5.91 Å². The van der Waals surface area contributed by atoms with Crippen molar-refractivity contribution in [3.8, 4) is 5.75 Å². The minimum Gasteiger partial charge on any atom is -0.406 e. The van der Waals surface area contributed by atoms with E-state index in [1.807, 2.05) is 0 Å². The van der Waals surface area contributed by atoms with Gasteiger partial charge in [-0.3, -0.25) is 4.79 Å². The molecule has 24 heavy (non-hydrogen) atoms. The molecule has 1 atom stereocenters. The zero-order valence-corrected chi connectivity index (χ0v) is 13.0. The molecule has 128 valence electrons. The number of rotatable bonds is 4. The predicted octanol–water partition coefficient (Wildman–Crippen LogP) is 4.56. The number of hydrogen-bond donors (Lipinski definition) is 0. The van der Waals surface area contributed by atoms with E-state index in [4.69, 9.17) is 0 Å². The summed E-state index contributed by atoms with van der Waals surface area (Å²) in [6, 6.07) is 10.1. The molecule has 2 aromatic carbocycles. The normalized spacial score (nSPS) is 12.6. The summed E-state index contributed by atoms with van der Waals surface area (Å²) in [6.45, 7) is 1.77. The van der Waals surface area contributed by atoms with Crippen LogP contribution in [0.4, 0.5) is 17.6 Å². The van der Waals surface area contributed by atoms with Gasteiger partial charge in [-0.15, -0.1) is 13.2 Å². The fourth-order valence-electron chi connectivity index (χ4n) is 2.14. The molecule has 0 saturated heterocycles. The maximum Gasteiger partial charge on any atom is 0.573 e. The van der Waals surface area contributed by atoms with Crippen LogP contribution in [-0.2, 0) is 0 Å². The minimum atomic E-state index is -4.78. The van der Waals surface area contributed by atoms with Gasteiger partial charge in [0.1, 0.15) is 11.6 Å². The fraction of sp³-hybridized carbons (Fsp3) is 0.235. The van der Waals surface area contributed by atoms with Crippen molar-refractivity contribution in [1.29, 1.82) is 0 Å². The molecule has 2 rings (SSSR count). The van der Waals surface area contributed by atoms with Crippen LogP contribution in [0.3, 0.4) is 0 Å². The smallest absolute Gasteiger partial charge is 0.406 e. The third-order valence-electron chi connectivity index (χ3n) is 3.59. The second kappa shape index (κ2) is 6.90. The summed E-state index contributed by atoms with van der Waals surface area (Å²) in [5.41, 5.74) is 0.963. The first-order valence-electron chi connectivity index (χ1n) is 7.06. The van der Waals surface area contributed by atoms with E-state index in [-0.39, 0.29) is 23.3 Å². The van der Waals surface area contributed by atoms with Gasteiger partial charge in [-0.25, -0.2) is 4.39 Å². The Morgan fingerprint density at radius 1 is 1.04 bits per heavy atom. The van der Waals surface area contributed by atoms with Gasteiger partial charge >= 0.3 is 6.36 Å². The van der Waals surface area contributed by atoms with E-state index in [1.54, 1.807) is 26.1 Å². The number of alkyl halides is 3. The number of ether oxygens (including phenoxy) is 1. The number of nitrogens with zero attached hydrogens (tertiary/aromatic N) is 1. The molecule has 0 spiro atoms. The summed E-state index contributed by atoms with van der Waals surface area (Å²) in [5.74, 6) is -1.14. The van der Waals surface area contributed by atoms with E-state index >= 15 is 0 Å². The van der Waals surface area contributed by atoms with Gasteiger partial charge < -0.3 is 9.64 Å². The van der Waals surface area contributed by atoms with Gasteiger partial charge in [0.15, 0.2) is 0 Å². The lowest BCUT2D eigenvalue weighted by molar-refractivity contribution is -0.274. The Morgan fingerprint density at radius 3 is 2.08 bits per heavy atom. The van der Waals surface area contributed by atoms with Crippen molar-refractivity contribution in [1.82, 2.24) is 4.90 Å². The zero-order chi connectivity index (χ0) is 17.9. The van der Waals surface area contributed by atoms with Gasteiger partial charge in [-0.2, -0.15) is 0 Å². The van der Waals surface area contributed by atoms with Gasteiger partial charge in [0.05, 0.1) is 6.04 Å². The Labute approximate surface area is 136 Å². The number of halogens is 4. The van der Waals surface area contributed by atoms with Crippen LogP contribution in [0.1, 0.15) is 28.9 Å². The molecule has 3 nitrogen and oxygen atoms in total. The van der Waals surface area contributed by atoms with Crippen LogP contribution >= 0.6 is 0 Å². The summed E-state index contributed by atoms with van der Waals surface area (Å²) in [7, 11) is 1.57. The van der Waals surface area contributed by atoms with Crippen molar-refractivity contribution in [2.75, 3.05) is 7.05 Å². The Balaban J connectivity index is 2.11. The molecule has 0 radical (unpaired) electrons. The summed E-state index contributed by atoms with van der Waals surface area (Å²) >= 11 is 0. The highest BCUT2D eigenvalue weighted by atomic mass is 19.4. The van der Waals surface area contributed by atoms with Crippen LogP contribution in [-0.4, -0.2) is 24.2 Å². The lowest BCUT2D eigenvalue weighted by Gasteiger charge is -2.25. The molecule has 1 amide bonds. The van der Waals surface area contributed by atoms with Crippen LogP contribution in [0.2, 0.25) is 0 Å². The summed E-state index contributed by atoms with van der Waals surface area (Å²) in [6.07, 6.45) is -4.78. The van der Waals surface area contributed by atoms with Crippen molar-refractivity contribution < 1.29 is 27.1 Å². The predicted molar refractivity (Wildman–Crippen MR) is 80.0 cm³/mol. The molecule has 0 N–H and O–H groups in total. The lowest BCUT2D eigenvalue weighted by Crippen LogP contribution is -2.29. The largest absolute Gasteiger partial charge is 0.573 e. The van der Waals surface area contributed by atoms with Crippen LogP contribution in [0.5, 0.6) is 5.75 Å². The second-order valence-electron chi connectivity index (χ2n) is 5.22. The van der Waals surface area contributed by atoms with E-state index < -0.39 is 12.1 Å². The molecule has 1 unspecified atom stereocenters. The van der Waals surface area contributed by atoms with Crippen LogP contribution in [0.25, 0.3) is 0 Å². The molecule has 0 aliphatic rings. The monoisotopic (exact) mass is 341 g/mol. The molecule has 2 aromatic rings. The van der Waals surface area contributed by atoms with Gasteiger partial charge in [-0.05, 0) is 48.9 Å². The van der Waals surface area contributed by atoms with Gasteiger partial charge in [0.2, 0.25) is 0 Å². The molecule has 0 heterocycles. The number of carbonyl (C=O) groups excluding carboxylic acids is 1. The Kier molecular flexibility index (Phi) is 5.11. The average molecular weight is 341 g/mol. The molecule has 0 aromatic heterocycles. The summed E-state index contributed by atoms with van der Waals surface area (Å²) in [5, 5.41) is 0. The number of amides is 1. The molecular weight excluding hydrogens is 326 g/mol. The zero-order valence-electron chi connectivity index (χ0n) is 13.0. The fourth-order valence-corrected chi connectivity index (χ4v) is 2.14. The lowest BCUT2D eigenvalue weighted by atomic mass is 10.1. The van der Waals surface area contributed by atoms with Gasteiger partial charge in [0, 0.05) is 12.6 Å². The highest BCUT2D eigenvalue weighted by Crippen LogP contribution is 2.25. The molecule has 0 bridgehead atoms. The van der Waals surface area contributed by atoms with Crippen molar-refractivity contribution in [3.05, 3.63) is 65.5 Å². The standard InChI is InChI=1S/C17H15F4NO2/c1-11(12-3-7-14(18)8-4-12)22(2)16(23)13-5-9-15(10-6-13)24-17(19,20)21/h3-11H,1-2H3. The Morgan fingerprint density at radius 2 is 1.58 bits per heavy atom. The van der Waals surface area contributed by atoms with E-state index in [2.05, 4.69) is 4.74 Å². The Bertz CT molecular complexity index is 696. The molecule has 0 aliphatic heterocycles. The van der Waals surface area contributed by atoms with Crippen molar-refractivity contribution >= 4 is 5.91 Å². The van der Waals surface area contributed by atoms with E-state index in [0.29, 0.717) is 0 Å². The minimum absolute atomic E-state index is 0.223. The number of hydrogen-bond acceptors (Lipinski definition) is 2. The highest BCUT2D eigenvalue weighted by Gasteiger charge is 2.31. The van der Waals surface area contributed by atoms with Crippen molar-refractivity contribution in [2.24, 2.45) is 0 Å². The SMILES string of the molecule is CC(c1ccc(F)cc1)N(C)C(=O)c1ccc(OC(F)(F)F)cc1. The maximum absolute atomic E-state index is 13.0. The number of benzene rings is 2. The third-order valence-corrected chi connectivity index (χ3v) is 3.59. The van der Waals surface area contributed by atoms with E-state index in [9.17, 15) is 22.4 Å². The molecule has 0 saturated carbocycles. The average Bonchev–Trinajstić information content (AvgIpc) is 2.53. The molecule has 0 fully saturated rings. The van der Waals surface area contributed by atoms with Gasteiger partial charge in [-0.1, -0.05) is 12.1 Å². The van der Waals surface area contributed by atoms with Crippen molar-refractivity contribution in [3.63, 3.8) is 0 Å². The maximum atomic E-state index is 13.0. The molecule has 0 aliphatic carbocycles. The third kappa shape index (κ3) is 4.47. The topological polar surface area (TPSA) is 29.5 Å². The summed E-state index contributed by atoms with van der Waals surface area (Å²) in [4.78, 5) is 13.8.